The lowest BCUT2D eigenvalue weighted by Gasteiger charge is -2.13. The number of carbonyl (C=O) groups is 3. The van der Waals surface area contributed by atoms with E-state index < -0.39 is 38.5 Å². The molecule has 4 amide bonds. The number of aryl methyl sites for hydroxylation is 1. The summed E-state index contributed by atoms with van der Waals surface area (Å²) in [5.74, 6) is -1.02. The summed E-state index contributed by atoms with van der Waals surface area (Å²) in [5, 5.41) is 6.89. The summed E-state index contributed by atoms with van der Waals surface area (Å²) in [5.41, 5.74) is 0.200. The first-order valence-corrected chi connectivity index (χ1v) is 10.0. The van der Waals surface area contributed by atoms with Crippen LogP contribution < -0.4 is 25.4 Å². The highest BCUT2D eigenvalue weighted by atomic mass is 32.2. The highest BCUT2D eigenvalue weighted by Gasteiger charge is 2.26. The Morgan fingerprint density at radius 2 is 1.71 bits per heavy atom. The second-order valence-electron chi connectivity index (χ2n) is 5.84. The number of amides is 4. The topological polar surface area (TPSA) is 178 Å². The number of ether oxygens (including phenoxy) is 2. The molecule has 166 valence electrons. The van der Waals surface area contributed by atoms with E-state index in [9.17, 15) is 22.8 Å². The van der Waals surface area contributed by atoms with Crippen LogP contribution in [-0.2, 0) is 14.8 Å². The minimum atomic E-state index is -4.52. The Morgan fingerprint density at radius 1 is 1.00 bits per heavy atom. The maximum absolute atomic E-state index is 12.7. The zero-order chi connectivity index (χ0) is 23.2. The van der Waals surface area contributed by atoms with Crippen molar-refractivity contribution in [1.29, 1.82) is 0 Å². The maximum Gasteiger partial charge on any atom is 0.339 e. The molecule has 31 heavy (non-hydrogen) atoms. The van der Waals surface area contributed by atoms with Crippen molar-refractivity contribution in [2.24, 2.45) is 0 Å². The number of nitrogens with zero attached hydrogens (tertiary/aromatic N) is 2. The number of nitrogens with one attached hydrogen (secondary N) is 4. The SMILES string of the molecule is CNC(=O)Nc1ccc(S(=O)(=O)NC(=O)Nc2nc(C)cc(OC)n2)c(C(=O)OC)c1. The third-order valence-electron chi connectivity index (χ3n) is 3.65. The van der Waals surface area contributed by atoms with Gasteiger partial charge in [0.25, 0.3) is 10.0 Å². The molecule has 1 aromatic heterocycles. The lowest BCUT2D eigenvalue weighted by atomic mass is 10.2. The van der Waals surface area contributed by atoms with E-state index in [1.165, 1.54) is 26.3 Å². The van der Waals surface area contributed by atoms with Crippen molar-refractivity contribution in [3.05, 3.63) is 35.5 Å². The molecular weight excluding hydrogens is 432 g/mol. The molecule has 0 aliphatic heterocycles. The molecule has 0 spiro atoms. The molecule has 14 heteroatoms. The van der Waals surface area contributed by atoms with Gasteiger partial charge in [-0.25, -0.2) is 32.5 Å². The molecule has 0 fully saturated rings. The van der Waals surface area contributed by atoms with Crippen LogP contribution in [0.4, 0.5) is 21.2 Å². The molecule has 0 saturated heterocycles. The molecule has 0 atom stereocenters. The van der Waals surface area contributed by atoms with E-state index in [1.807, 2.05) is 0 Å². The summed E-state index contributed by atoms with van der Waals surface area (Å²) < 4.78 is 36.7. The lowest BCUT2D eigenvalue weighted by Crippen LogP contribution is -2.35. The molecule has 0 radical (unpaired) electrons. The highest BCUT2D eigenvalue weighted by Crippen LogP contribution is 2.22. The molecule has 0 saturated carbocycles. The van der Waals surface area contributed by atoms with E-state index in [2.05, 4.69) is 30.7 Å². The Hall–Kier alpha value is -3.94. The third kappa shape index (κ3) is 6.02. The molecule has 2 aromatic rings. The number of hydrogen-bond donors (Lipinski definition) is 4. The van der Waals surface area contributed by atoms with Crippen LogP contribution >= 0.6 is 0 Å². The molecule has 1 aromatic carbocycles. The van der Waals surface area contributed by atoms with Gasteiger partial charge in [-0.15, -0.1) is 0 Å². The summed E-state index contributed by atoms with van der Waals surface area (Å²) in [6.45, 7) is 1.63. The van der Waals surface area contributed by atoms with Gasteiger partial charge in [-0.1, -0.05) is 0 Å². The fourth-order valence-electron chi connectivity index (χ4n) is 2.31. The number of rotatable bonds is 6. The fraction of sp³-hybridized carbons (Fsp3) is 0.235. The quantitative estimate of drug-likeness (QED) is 0.462. The standard InChI is InChI=1S/C17H20N6O7S/c1-9-7-13(29-3)21-15(19-9)22-17(26)23-31(27,28)12-6-5-10(20-16(25)18-2)8-11(12)14(24)30-4/h5-8H,1-4H3,(H2,18,20,25)(H2,19,21,22,23,26). The van der Waals surface area contributed by atoms with Gasteiger partial charge in [0.1, 0.15) is 4.90 Å². The van der Waals surface area contributed by atoms with E-state index in [-0.39, 0.29) is 17.5 Å². The van der Waals surface area contributed by atoms with E-state index in [0.29, 0.717) is 5.69 Å². The predicted molar refractivity (Wildman–Crippen MR) is 109 cm³/mol. The van der Waals surface area contributed by atoms with Crippen molar-refractivity contribution in [3.8, 4) is 5.88 Å². The zero-order valence-corrected chi connectivity index (χ0v) is 17.8. The van der Waals surface area contributed by atoms with Gasteiger partial charge < -0.3 is 20.1 Å². The van der Waals surface area contributed by atoms with Gasteiger partial charge >= 0.3 is 18.0 Å². The van der Waals surface area contributed by atoms with Crippen molar-refractivity contribution in [2.75, 3.05) is 31.9 Å². The highest BCUT2D eigenvalue weighted by molar-refractivity contribution is 7.90. The van der Waals surface area contributed by atoms with Gasteiger partial charge in [-0.2, -0.15) is 4.98 Å². The van der Waals surface area contributed by atoms with Crippen molar-refractivity contribution >= 4 is 39.7 Å². The van der Waals surface area contributed by atoms with Crippen LogP contribution in [0.3, 0.4) is 0 Å². The number of methoxy groups -OCH3 is 2. The van der Waals surface area contributed by atoms with Gasteiger partial charge in [-0.05, 0) is 25.1 Å². The van der Waals surface area contributed by atoms with E-state index in [0.717, 1.165) is 19.2 Å². The minimum Gasteiger partial charge on any atom is -0.481 e. The van der Waals surface area contributed by atoms with E-state index in [1.54, 1.807) is 11.6 Å². The summed E-state index contributed by atoms with van der Waals surface area (Å²) in [6.07, 6.45) is 0. The van der Waals surface area contributed by atoms with Gasteiger partial charge in [0.2, 0.25) is 11.8 Å². The van der Waals surface area contributed by atoms with Gasteiger partial charge in [0.15, 0.2) is 0 Å². The largest absolute Gasteiger partial charge is 0.481 e. The molecule has 0 aliphatic carbocycles. The Morgan fingerprint density at radius 3 is 2.32 bits per heavy atom. The number of esters is 1. The average molecular weight is 452 g/mol. The number of sulfonamides is 1. The molecule has 2 rings (SSSR count). The van der Waals surface area contributed by atoms with Crippen molar-refractivity contribution in [1.82, 2.24) is 20.0 Å². The van der Waals surface area contributed by atoms with Crippen molar-refractivity contribution in [2.45, 2.75) is 11.8 Å². The molecule has 0 bridgehead atoms. The Kier molecular flexibility index (Phi) is 7.31. The Balaban J connectivity index is 2.31. The maximum atomic E-state index is 12.7. The monoisotopic (exact) mass is 452 g/mol. The van der Waals surface area contributed by atoms with Gasteiger partial charge in [-0.3, -0.25) is 5.32 Å². The third-order valence-corrected chi connectivity index (χ3v) is 5.04. The molecule has 1 heterocycles. The second-order valence-corrected chi connectivity index (χ2v) is 7.49. The molecule has 0 aliphatic rings. The van der Waals surface area contributed by atoms with Gasteiger partial charge in [0.05, 0.1) is 19.8 Å². The normalized spacial score (nSPS) is 10.6. The zero-order valence-electron chi connectivity index (χ0n) is 17.0. The first kappa shape index (κ1) is 23.3. The average Bonchev–Trinajstić information content (AvgIpc) is 2.71. The Labute approximate surface area is 177 Å². The molecule has 13 nitrogen and oxygen atoms in total. The first-order valence-electron chi connectivity index (χ1n) is 8.54. The summed E-state index contributed by atoms with van der Waals surface area (Å²) in [6, 6.07) is 3.13. The Bertz CT molecular complexity index is 1120. The number of carbonyl (C=O) groups excluding carboxylic acids is 3. The fourth-order valence-corrected chi connectivity index (χ4v) is 3.39. The lowest BCUT2D eigenvalue weighted by molar-refractivity contribution is 0.0596. The molecule has 0 unspecified atom stereocenters. The van der Waals surface area contributed by atoms with Crippen LogP contribution in [-0.4, -0.2) is 57.7 Å². The van der Waals surface area contributed by atoms with Crippen molar-refractivity contribution < 1.29 is 32.3 Å². The predicted octanol–water partition coefficient (Wildman–Crippen LogP) is 0.842. The number of benzene rings is 1. The van der Waals surface area contributed by atoms with E-state index in [4.69, 9.17) is 4.74 Å². The molecule has 4 N–H and O–H groups in total. The molecular formula is C17H20N6O7S. The minimum absolute atomic E-state index is 0.128. The number of urea groups is 2. The first-order chi connectivity index (χ1) is 14.6. The number of anilines is 2. The van der Waals surface area contributed by atoms with Crippen LogP contribution in [0.2, 0.25) is 0 Å². The van der Waals surface area contributed by atoms with E-state index >= 15 is 0 Å². The van der Waals surface area contributed by atoms with Crippen LogP contribution in [0, 0.1) is 6.92 Å². The number of hydrogen-bond acceptors (Lipinski definition) is 9. The number of aromatic nitrogens is 2. The smallest absolute Gasteiger partial charge is 0.339 e. The summed E-state index contributed by atoms with van der Waals surface area (Å²) >= 11 is 0. The summed E-state index contributed by atoms with van der Waals surface area (Å²) in [7, 11) is -0.716. The van der Waals surface area contributed by atoms with Crippen molar-refractivity contribution in [3.63, 3.8) is 0 Å². The summed E-state index contributed by atoms with van der Waals surface area (Å²) in [4.78, 5) is 43.1. The van der Waals surface area contributed by atoms with Crippen LogP contribution in [0.1, 0.15) is 16.1 Å². The second kappa shape index (κ2) is 9.71. The van der Waals surface area contributed by atoms with Gasteiger partial charge in [0, 0.05) is 24.5 Å². The van der Waals surface area contributed by atoms with Crippen LogP contribution in [0.5, 0.6) is 5.88 Å². The van der Waals surface area contributed by atoms with Crippen LogP contribution in [0.15, 0.2) is 29.2 Å². The van der Waals surface area contributed by atoms with Crippen LogP contribution in [0.25, 0.3) is 0 Å².